The summed E-state index contributed by atoms with van der Waals surface area (Å²) in [7, 11) is 0. The summed E-state index contributed by atoms with van der Waals surface area (Å²) in [5.74, 6) is -1.89. The van der Waals surface area contributed by atoms with Crippen molar-refractivity contribution in [2.24, 2.45) is 0 Å². The lowest BCUT2D eigenvalue weighted by Crippen LogP contribution is -2.04. The quantitative estimate of drug-likeness (QED) is 0.780. The molecule has 0 saturated carbocycles. The van der Waals surface area contributed by atoms with Crippen molar-refractivity contribution in [1.82, 2.24) is 4.98 Å². The van der Waals surface area contributed by atoms with Crippen molar-refractivity contribution in [3.63, 3.8) is 0 Å². The molecule has 3 N–H and O–H groups in total. The van der Waals surface area contributed by atoms with Gasteiger partial charge in [0.25, 0.3) is 0 Å². The summed E-state index contributed by atoms with van der Waals surface area (Å²) >= 11 is 1.12. The van der Waals surface area contributed by atoms with E-state index in [0.717, 1.165) is 17.8 Å². The van der Waals surface area contributed by atoms with Crippen molar-refractivity contribution in [2.75, 3.05) is 12.3 Å². The second kappa shape index (κ2) is 5.27. The van der Waals surface area contributed by atoms with Crippen LogP contribution < -0.4 is 5.73 Å². The maximum atomic E-state index is 13.2. The van der Waals surface area contributed by atoms with Crippen LogP contribution in [-0.2, 0) is 0 Å². The standard InChI is InChI=1S/C9H12F2N2OS/c1-5(2-3-14)15-9-7(11)4-6(10)8(12)13-9/h4-5,14H,2-3H2,1H3,(H2,12,13). The summed E-state index contributed by atoms with van der Waals surface area (Å²) in [6, 6.07) is 0.719. The van der Waals surface area contributed by atoms with Crippen molar-refractivity contribution in [3.8, 4) is 0 Å². The summed E-state index contributed by atoms with van der Waals surface area (Å²) < 4.78 is 26.0. The van der Waals surface area contributed by atoms with E-state index >= 15 is 0 Å². The van der Waals surface area contributed by atoms with Crippen molar-refractivity contribution in [2.45, 2.75) is 23.6 Å². The molecule has 0 aromatic carbocycles. The number of anilines is 1. The number of pyridine rings is 1. The number of hydrogen-bond acceptors (Lipinski definition) is 4. The molecule has 0 aliphatic heterocycles. The van der Waals surface area contributed by atoms with E-state index < -0.39 is 11.6 Å². The number of aliphatic hydroxyl groups is 1. The first-order valence-corrected chi connectivity index (χ1v) is 5.31. The van der Waals surface area contributed by atoms with Gasteiger partial charge in [-0.25, -0.2) is 13.8 Å². The zero-order valence-corrected chi connectivity index (χ0v) is 9.02. The number of rotatable bonds is 4. The monoisotopic (exact) mass is 234 g/mol. The predicted octanol–water partition coefficient (Wildman–Crippen LogP) is 1.80. The molecular weight excluding hydrogens is 222 g/mol. The Morgan fingerprint density at radius 3 is 2.80 bits per heavy atom. The van der Waals surface area contributed by atoms with Crippen LogP contribution in [0.25, 0.3) is 0 Å². The zero-order valence-electron chi connectivity index (χ0n) is 8.20. The van der Waals surface area contributed by atoms with Gasteiger partial charge < -0.3 is 10.8 Å². The second-order valence-electron chi connectivity index (χ2n) is 3.08. The molecule has 0 aliphatic carbocycles. The Hall–Kier alpha value is -0.880. The first-order chi connectivity index (χ1) is 7.04. The van der Waals surface area contributed by atoms with Crippen molar-refractivity contribution in [3.05, 3.63) is 17.7 Å². The van der Waals surface area contributed by atoms with Gasteiger partial charge in [0.15, 0.2) is 17.5 Å². The number of nitrogen functional groups attached to an aromatic ring is 1. The molecule has 0 aliphatic rings. The van der Waals surface area contributed by atoms with Crippen LogP contribution in [0.4, 0.5) is 14.6 Å². The van der Waals surface area contributed by atoms with E-state index in [1.807, 2.05) is 6.92 Å². The lowest BCUT2D eigenvalue weighted by Gasteiger charge is -2.09. The Morgan fingerprint density at radius 1 is 1.53 bits per heavy atom. The van der Waals surface area contributed by atoms with E-state index in [1.165, 1.54) is 0 Å². The first-order valence-electron chi connectivity index (χ1n) is 4.43. The van der Waals surface area contributed by atoms with Gasteiger partial charge in [-0.1, -0.05) is 6.92 Å². The fourth-order valence-corrected chi connectivity index (χ4v) is 1.90. The van der Waals surface area contributed by atoms with Gasteiger partial charge >= 0.3 is 0 Å². The van der Waals surface area contributed by atoms with E-state index in [2.05, 4.69) is 4.98 Å². The Morgan fingerprint density at radius 2 is 2.20 bits per heavy atom. The molecular formula is C9H12F2N2OS. The zero-order chi connectivity index (χ0) is 11.4. The Kier molecular flexibility index (Phi) is 4.28. The second-order valence-corrected chi connectivity index (χ2v) is 4.51. The minimum atomic E-state index is -0.855. The Bertz CT molecular complexity index is 349. The van der Waals surface area contributed by atoms with Crippen molar-refractivity contribution < 1.29 is 13.9 Å². The minimum Gasteiger partial charge on any atom is -0.396 e. The fourth-order valence-electron chi connectivity index (χ4n) is 0.977. The molecule has 1 aromatic heterocycles. The van der Waals surface area contributed by atoms with Gasteiger partial charge in [-0.3, -0.25) is 0 Å². The summed E-state index contributed by atoms with van der Waals surface area (Å²) in [5, 5.41) is 8.74. The van der Waals surface area contributed by atoms with Crippen LogP contribution in [0.3, 0.4) is 0 Å². The molecule has 3 nitrogen and oxygen atoms in total. The molecule has 6 heteroatoms. The molecule has 1 aromatic rings. The van der Waals surface area contributed by atoms with E-state index in [4.69, 9.17) is 10.8 Å². The van der Waals surface area contributed by atoms with Crippen LogP contribution in [0.15, 0.2) is 11.1 Å². The molecule has 0 radical (unpaired) electrons. The third kappa shape index (κ3) is 3.32. The van der Waals surface area contributed by atoms with E-state index in [-0.39, 0.29) is 22.7 Å². The third-order valence-corrected chi connectivity index (χ3v) is 2.92. The number of aromatic nitrogens is 1. The SMILES string of the molecule is CC(CCO)Sc1nc(N)c(F)cc1F. The minimum absolute atomic E-state index is 0.00172. The van der Waals surface area contributed by atoms with Crippen LogP contribution in [0.2, 0.25) is 0 Å². The summed E-state index contributed by atoms with van der Waals surface area (Å²) in [4.78, 5) is 3.60. The molecule has 84 valence electrons. The maximum absolute atomic E-state index is 13.2. The average Bonchev–Trinajstić information content (AvgIpc) is 2.14. The lowest BCUT2D eigenvalue weighted by molar-refractivity contribution is 0.289. The molecule has 1 heterocycles. The van der Waals surface area contributed by atoms with Crippen LogP contribution in [-0.4, -0.2) is 21.9 Å². The van der Waals surface area contributed by atoms with Gasteiger partial charge in [0.2, 0.25) is 0 Å². The maximum Gasteiger partial charge on any atom is 0.168 e. The Labute approximate surface area is 90.7 Å². The van der Waals surface area contributed by atoms with Gasteiger partial charge in [-0.05, 0) is 6.42 Å². The molecule has 1 atom stereocenters. The summed E-state index contributed by atoms with van der Waals surface area (Å²) in [6.45, 7) is 1.84. The predicted molar refractivity (Wildman–Crippen MR) is 55.6 cm³/mol. The van der Waals surface area contributed by atoms with Crippen LogP contribution in [0.5, 0.6) is 0 Å². The van der Waals surface area contributed by atoms with Crippen LogP contribution >= 0.6 is 11.8 Å². The smallest absolute Gasteiger partial charge is 0.168 e. The Balaban J connectivity index is 2.81. The van der Waals surface area contributed by atoms with Crippen molar-refractivity contribution in [1.29, 1.82) is 0 Å². The van der Waals surface area contributed by atoms with Crippen LogP contribution in [0, 0.1) is 11.6 Å². The number of hydrogen-bond donors (Lipinski definition) is 2. The molecule has 0 amide bonds. The normalized spacial score (nSPS) is 12.8. The highest BCUT2D eigenvalue weighted by atomic mass is 32.2. The number of nitrogens with two attached hydrogens (primary N) is 1. The van der Waals surface area contributed by atoms with E-state index in [1.54, 1.807) is 0 Å². The number of aliphatic hydroxyl groups excluding tert-OH is 1. The van der Waals surface area contributed by atoms with Crippen molar-refractivity contribution >= 4 is 17.6 Å². The summed E-state index contributed by atoms with van der Waals surface area (Å²) in [6.07, 6.45) is 0.517. The lowest BCUT2D eigenvalue weighted by atomic mass is 10.3. The third-order valence-electron chi connectivity index (χ3n) is 1.77. The number of thioether (sulfide) groups is 1. The first kappa shape index (κ1) is 12.2. The van der Waals surface area contributed by atoms with Gasteiger partial charge in [-0.2, -0.15) is 0 Å². The number of nitrogens with zero attached hydrogens (tertiary/aromatic N) is 1. The summed E-state index contributed by atoms with van der Waals surface area (Å²) in [5.41, 5.74) is 5.22. The molecule has 15 heavy (non-hydrogen) atoms. The highest BCUT2D eigenvalue weighted by molar-refractivity contribution is 7.99. The van der Waals surface area contributed by atoms with Gasteiger partial charge in [0.1, 0.15) is 5.03 Å². The van der Waals surface area contributed by atoms with Gasteiger partial charge in [0, 0.05) is 17.9 Å². The molecule has 0 spiro atoms. The number of halogens is 2. The van der Waals surface area contributed by atoms with E-state index in [9.17, 15) is 8.78 Å². The molecule has 0 bridgehead atoms. The fraction of sp³-hybridized carbons (Fsp3) is 0.444. The highest BCUT2D eigenvalue weighted by Crippen LogP contribution is 2.27. The van der Waals surface area contributed by atoms with Gasteiger partial charge in [-0.15, -0.1) is 11.8 Å². The molecule has 0 fully saturated rings. The molecule has 1 unspecified atom stereocenters. The molecule has 0 saturated heterocycles. The van der Waals surface area contributed by atoms with E-state index in [0.29, 0.717) is 6.42 Å². The average molecular weight is 234 g/mol. The largest absolute Gasteiger partial charge is 0.396 e. The topological polar surface area (TPSA) is 59.1 Å². The highest BCUT2D eigenvalue weighted by Gasteiger charge is 2.13. The molecule has 1 rings (SSSR count). The van der Waals surface area contributed by atoms with Crippen LogP contribution in [0.1, 0.15) is 13.3 Å². The van der Waals surface area contributed by atoms with Gasteiger partial charge in [0.05, 0.1) is 0 Å².